The van der Waals surface area contributed by atoms with Crippen LogP contribution in [0.15, 0.2) is 18.2 Å². The smallest absolute Gasteiger partial charge is 0.334 e. The number of morpholine rings is 1. The zero-order chi connectivity index (χ0) is 15.6. The Morgan fingerprint density at radius 1 is 1.48 bits per heavy atom. The van der Waals surface area contributed by atoms with Gasteiger partial charge in [-0.3, -0.25) is 14.9 Å². The predicted octanol–water partition coefficient (Wildman–Crippen LogP) is 0.829. The quantitative estimate of drug-likeness (QED) is 0.653. The molecular weight excluding hydrogens is 280 g/mol. The fourth-order valence-corrected chi connectivity index (χ4v) is 2.16. The lowest BCUT2D eigenvalue weighted by Gasteiger charge is -2.30. The number of nitro benzene ring substituents is 1. The first-order valence-electron chi connectivity index (χ1n) is 6.29. The molecule has 1 heterocycles. The third kappa shape index (κ3) is 3.16. The van der Waals surface area contributed by atoms with Gasteiger partial charge in [-0.1, -0.05) is 0 Å². The summed E-state index contributed by atoms with van der Waals surface area (Å²) in [4.78, 5) is 34.8. The maximum Gasteiger partial charge on any atom is 0.334 e. The second-order valence-electron chi connectivity index (χ2n) is 4.71. The van der Waals surface area contributed by atoms with Crippen molar-refractivity contribution in [2.75, 3.05) is 19.7 Å². The molecule has 8 heteroatoms. The first kappa shape index (κ1) is 14.9. The van der Waals surface area contributed by atoms with Crippen LogP contribution in [-0.2, 0) is 9.53 Å². The Kier molecular flexibility index (Phi) is 4.18. The second-order valence-corrected chi connectivity index (χ2v) is 4.71. The molecule has 21 heavy (non-hydrogen) atoms. The lowest BCUT2D eigenvalue weighted by molar-refractivity contribution is -0.385. The van der Waals surface area contributed by atoms with Crippen LogP contribution in [0.1, 0.15) is 15.9 Å². The van der Waals surface area contributed by atoms with Gasteiger partial charge in [0.05, 0.1) is 18.1 Å². The van der Waals surface area contributed by atoms with Crippen LogP contribution >= 0.6 is 0 Å². The van der Waals surface area contributed by atoms with Crippen LogP contribution in [-0.4, -0.2) is 52.6 Å². The zero-order valence-corrected chi connectivity index (χ0v) is 11.3. The van der Waals surface area contributed by atoms with Crippen molar-refractivity contribution in [3.05, 3.63) is 39.4 Å². The average Bonchev–Trinajstić information content (AvgIpc) is 2.46. The second kappa shape index (κ2) is 5.88. The first-order valence-corrected chi connectivity index (χ1v) is 6.29. The molecule has 0 spiro atoms. The van der Waals surface area contributed by atoms with Gasteiger partial charge in [0.15, 0.2) is 6.10 Å². The highest BCUT2D eigenvalue weighted by Gasteiger charge is 2.29. The zero-order valence-electron chi connectivity index (χ0n) is 11.3. The van der Waals surface area contributed by atoms with E-state index in [1.54, 1.807) is 6.92 Å². The molecule has 0 saturated carbocycles. The summed E-state index contributed by atoms with van der Waals surface area (Å²) in [5.74, 6) is -1.48. The lowest BCUT2D eigenvalue weighted by Crippen LogP contribution is -2.48. The van der Waals surface area contributed by atoms with E-state index < -0.39 is 17.0 Å². The van der Waals surface area contributed by atoms with Crippen LogP contribution in [0.25, 0.3) is 0 Å². The first-order chi connectivity index (χ1) is 9.90. The number of carboxylic acids is 1. The number of nitro groups is 1. The van der Waals surface area contributed by atoms with E-state index in [1.807, 2.05) is 0 Å². The molecule has 2 rings (SSSR count). The van der Waals surface area contributed by atoms with Crippen LogP contribution in [0.5, 0.6) is 0 Å². The molecule has 1 aliphatic heterocycles. The lowest BCUT2D eigenvalue weighted by atomic mass is 10.1. The number of carboxylic acid groups (broad SMARTS) is 1. The Bertz CT molecular complexity index is 600. The van der Waals surface area contributed by atoms with E-state index >= 15 is 0 Å². The van der Waals surface area contributed by atoms with Gasteiger partial charge >= 0.3 is 5.97 Å². The molecule has 1 unspecified atom stereocenters. The van der Waals surface area contributed by atoms with E-state index in [4.69, 9.17) is 9.84 Å². The van der Waals surface area contributed by atoms with Crippen LogP contribution in [0.2, 0.25) is 0 Å². The van der Waals surface area contributed by atoms with Crippen molar-refractivity contribution in [3.8, 4) is 0 Å². The number of benzene rings is 1. The highest BCUT2D eigenvalue weighted by atomic mass is 16.6. The third-order valence-corrected chi connectivity index (χ3v) is 3.27. The van der Waals surface area contributed by atoms with Crippen LogP contribution in [0.3, 0.4) is 0 Å². The van der Waals surface area contributed by atoms with Gasteiger partial charge < -0.3 is 14.7 Å². The van der Waals surface area contributed by atoms with Gasteiger partial charge in [-0.15, -0.1) is 0 Å². The number of aryl methyl sites for hydroxylation is 1. The summed E-state index contributed by atoms with van der Waals surface area (Å²) < 4.78 is 5.05. The Balaban J connectivity index is 2.18. The number of hydrogen-bond donors (Lipinski definition) is 1. The van der Waals surface area contributed by atoms with E-state index in [9.17, 15) is 19.7 Å². The molecule has 0 radical (unpaired) electrons. The van der Waals surface area contributed by atoms with Gasteiger partial charge in [-0.25, -0.2) is 4.79 Å². The van der Waals surface area contributed by atoms with E-state index in [2.05, 4.69) is 0 Å². The number of aliphatic carboxylic acids is 1. The molecule has 1 aliphatic rings. The summed E-state index contributed by atoms with van der Waals surface area (Å²) in [6, 6.07) is 4.09. The Morgan fingerprint density at radius 3 is 2.76 bits per heavy atom. The van der Waals surface area contributed by atoms with Gasteiger partial charge in [0.1, 0.15) is 0 Å². The van der Waals surface area contributed by atoms with Gasteiger partial charge in [0.25, 0.3) is 11.6 Å². The fraction of sp³-hybridized carbons (Fsp3) is 0.385. The van der Waals surface area contributed by atoms with E-state index in [-0.39, 0.29) is 24.7 Å². The number of carbonyl (C=O) groups is 2. The molecule has 1 saturated heterocycles. The summed E-state index contributed by atoms with van der Waals surface area (Å²) in [5, 5.41) is 19.7. The Hall–Kier alpha value is -2.48. The molecule has 1 N–H and O–H groups in total. The summed E-state index contributed by atoms with van der Waals surface area (Å²) in [7, 11) is 0. The van der Waals surface area contributed by atoms with Crippen molar-refractivity contribution in [1.29, 1.82) is 0 Å². The summed E-state index contributed by atoms with van der Waals surface area (Å²) >= 11 is 0. The van der Waals surface area contributed by atoms with Gasteiger partial charge in [0.2, 0.25) is 0 Å². The maximum absolute atomic E-state index is 12.3. The molecule has 112 valence electrons. The number of ether oxygens (including phenoxy) is 1. The molecule has 1 aromatic rings. The van der Waals surface area contributed by atoms with E-state index in [0.717, 1.165) is 0 Å². The topological polar surface area (TPSA) is 110 Å². The van der Waals surface area contributed by atoms with Crippen LogP contribution in [0.4, 0.5) is 5.69 Å². The van der Waals surface area contributed by atoms with Crippen molar-refractivity contribution in [2.45, 2.75) is 13.0 Å². The SMILES string of the molecule is Cc1cc(C(=O)N2CCOC(C(=O)O)C2)ccc1[N+](=O)[O-]. The largest absolute Gasteiger partial charge is 0.479 e. The van der Waals surface area contributed by atoms with E-state index in [1.165, 1.54) is 23.1 Å². The van der Waals surface area contributed by atoms with Crippen molar-refractivity contribution in [3.63, 3.8) is 0 Å². The molecule has 8 nitrogen and oxygen atoms in total. The molecule has 1 fully saturated rings. The van der Waals surface area contributed by atoms with E-state index in [0.29, 0.717) is 17.7 Å². The molecule has 0 aliphatic carbocycles. The van der Waals surface area contributed by atoms with Crippen molar-refractivity contribution < 1.29 is 24.4 Å². The third-order valence-electron chi connectivity index (χ3n) is 3.27. The number of carbonyl (C=O) groups excluding carboxylic acids is 1. The molecule has 1 aromatic carbocycles. The number of hydrogen-bond acceptors (Lipinski definition) is 5. The van der Waals surface area contributed by atoms with Crippen LogP contribution < -0.4 is 0 Å². The minimum atomic E-state index is -1.12. The number of nitrogens with zero attached hydrogens (tertiary/aromatic N) is 2. The molecular formula is C13H14N2O6. The summed E-state index contributed by atoms with van der Waals surface area (Å²) in [5.41, 5.74) is 0.620. The molecule has 1 amide bonds. The van der Waals surface area contributed by atoms with Gasteiger partial charge in [-0.05, 0) is 19.1 Å². The van der Waals surface area contributed by atoms with Crippen molar-refractivity contribution in [1.82, 2.24) is 4.90 Å². The minimum absolute atomic E-state index is 0.0375. The Labute approximate surface area is 120 Å². The Morgan fingerprint density at radius 2 is 2.19 bits per heavy atom. The fourth-order valence-electron chi connectivity index (χ4n) is 2.16. The average molecular weight is 294 g/mol. The predicted molar refractivity (Wildman–Crippen MR) is 71.1 cm³/mol. The highest BCUT2D eigenvalue weighted by molar-refractivity contribution is 5.95. The van der Waals surface area contributed by atoms with Crippen molar-refractivity contribution in [2.24, 2.45) is 0 Å². The summed E-state index contributed by atoms with van der Waals surface area (Å²) in [6.07, 6.45) is -1.04. The number of rotatable bonds is 3. The molecule has 0 bridgehead atoms. The molecule has 0 aromatic heterocycles. The van der Waals surface area contributed by atoms with Crippen molar-refractivity contribution >= 4 is 17.6 Å². The minimum Gasteiger partial charge on any atom is -0.479 e. The monoisotopic (exact) mass is 294 g/mol. The molecule has 1 atom stereocenters. The van der Waals surface area contributed by atoms with Gasteiger partial charge in [-0.2, -0.15) is 0 Å². The standard InChI is InChI=1S/C13H14N2O6/c1-8-6-9(2-3-10(8)15(19)20)12(16)14-4-5-21-11(7-14)13(17)18/h2-3,6,11H,4-5,7H2,1H3,(H,17,18). The highest BCUT2D eigenvalue weighted by Crippen LogP contribution is 2.20. The van der Waals surface area contributed by atoms with Crippen LogP contribution in [0, 0.1) is 17.0 Å². The van der Waals surface area contributed by atoms with Gasteiger partial charge in [0, 0.05) is 23.7 Å². The normalized spacial score (nSPS) is 18.3. The number of amides is 1. The maximum atomic E-state index is 12.3. The summed E-state index contributed by atoms with van der Waals surface area (Å²) in [6.45, 7) is 1.95.